The molecule has 1 saturated heterocycles. The summed E-state index contributed by atoms with van der Waals surface area (Å²) in [7, 11) is 0. The minimum atomic E-state index is -0.559. The molecule has 0 radical (unpaired) electrons. The molecule has 1 atom stereocenters. The van der Waals surface area contributed by atoms with Gasteiger partial charge in [-0.25, -0.2) is 9.18 Å². The monoisotopic (exact) mass is 334 g/mol. The van der Waals surface area contributed by atoms with Crippen LogP contribution in [0, 0.1) is 6.92 Å². The number of urea groups is 1. The lowest BCUT2D eigenvalue weighted by Gasteiger charge is -2.22. The molecule has 2 heterocycles. The van der Waals surface area contributed by atoms with Gasteiger partial charge >= 0.3 is 6.03 Å². The van der Waals surface area contributed by atoms with Crippen LogP contribution >= 0.6 is 0 Å². The fourth-order valence-electron chi connectivity index (χ4n) is 2.74. The summed E-state index contributed by atoms with van der Waals surface area (Å²) in [6.45, 7) is 1.78. The normalized spacial score (nSPS) is 17.1. The van der Waals surface area contributed by atoms with Gasteiger partial charge in [-0.2, -0.15) is 4.98 Å². The Morgan fingerprint density at radius 2 is 2.42 bits per heavy atom. The number of aryl methyl sites for hydroxylation is 1. The molecule has 0 aliphatic carbocycles. The molecule has 8 heteroatoms. The van der Waals surface area contributed by atoms with Crippen molar-refractivity contribution in [2.75, 3.05) is 25.1 Å². The Bertz CT molecular complexity index is 706. The SMILES string of the molecule is Cc1nc(C2CCCN2C(=O)Nc2cccc(OCCF)c2)no1. The minimum Gasteiger partial charge on any atom is -0.491 e. The third-order valence-corrected chi connectivity index (χ3v) is 3.79. The van der Waals surface area contributed by atoms with Crippen molar-refractivity contribution in [2.24, 2.45) is 0 Å². The van der Waals surface area contributed by atoms with Crippen molar-refractivity contribution < 1.29 is 18.4 Å². The lowest BCUT2D eigenvalue weighted by molar-refractivity contribution is 0.204. The summed E-state index contributed by atoms with van der Waals surface area (Å²) in [4.78, 5) is 18.5. The van der Waals surface area contributed by atoms with Crippen LogP contribution in [0.4, 0.5) is 14.9 Å². The molecular formula is C16H19FN4O3. The molecule has 128 valence electrons. The van der Waals surface area contributed by atoms with Crippen LogP contribution in [0.2, 0.25) is 0 Å². The van der Waals surface area contributed by atoms with E-state index < -0.39 is 6.67 Å². The number of hydrogen-bond donors (Lipinski definition) is 1. The molecule has 1 aliphatic rings. The highest BCUT2D eigenvalue weighted by Crippen LogP contribution is 2.31. The van der Waals surface area contributed by atoms with E-state index in [4.69, 9.17) is 9.26 Å². The first-order valence-electron chi connectivity index (χ1n) is 7.84. The molecule has 1 unspecified atom stereocenters. The maximum absolute atomic E-state index is 12.6. The number of nitrogens with zero attached hydrogens (tertiary/aromatic N) is 3. The van der Waals surface area contributed by atoms with Gasteiger partial charge in [0.05, 0.1) is 6.04 Å². The van der Waals surface area contributed by atoms with Gasteiger partial charge in [0.2, 0.25) is 5.89 Å². The van der Waals surface area contributed by atoms with Gasteiger partial charge in [-0.3, -0.25) is 0 Å². The van der Waals surface area contributed by atoms with Gasteiger partial charge < -0.3 is 19.5 Å². The summed E-state index contributed by atoms with van der Waals surface area (Å²) in [5.74, 6) is 1.52. The summed E-state index contributed by atoms with van der Waals surface area (Å²) in [6.07, 6.45) is 1.68. The number of nitrogens with one attached hydrogen (secondary N) is 1. The Morgan fingerprint density at radius 1 is 1.54 bits per heavy atom. The molecule has 24 heavy (non-hydrogen) atoms. The number of aromatic nitrogens is 2. The number of halogens is 1. The van der Waals surface area contributed by atoms with Gasteiger partial charge in [0.1, 0.15) is 19.0 Å². The molecule has 1 aliphatic heterocycles. The lowest BCUT2D eigenvalue weighted by atomic mass is 10.2. The van der Waals surface area contributed by atoms with E-state index in [1.54, 1.807) is 36.1 Å². The number of anilines is 1. The average molecular weight is 334 g/mol. The maximum atomic E-state index is 12.6. The molecule has 0 spiro atoms. The number of carbonyl (C=O) groups excluding carboxylic acids is 1. The molecule has 1 aromatic heterocycles. The Kier molecular flexibility index (Phi) is 4.93. The van der Waals surface area contributed by atoms with Gasteiger partial charge in [-0.05, 0) is 25.0 Å². The van der Waals surface area contributed by atoms with E-state index in [9.17, 15) is 9.18 Å². The predicted molar refractivity (Wildman–Crippen MR) is 84.6 cm³/mol. The van der Waals surface area contributed by atoms with E-state index in [2.05, 4.69) is 15.5 Å². The zero-order chi connectivity index (χ0) is 16.9. The van der Waals surface area contributed by atoms with Crippen LogP contribution < -0.4 is 10.1 Å². The van der Waals surface area contributed by atoms with Crippen molar-refractivity contribution in [3.8, 4) is 5.75 Å². The van der Waals surface area contributed by atoms with Gasteiger partial charge in [0.25, 0.3) is 0 Å². The summed E-state index contributed by atoms with van der Waals surface area (Å²) in [5, 5.41) is 6.76. The highest BCUT2D eigenvalue weighted by Gasteiger charge is 2.33. The number of rotatable bonds is 5. The van der Waals surface area contributed by atoms with Crippen LogP contribution in [0.1, 0.15) is 30.6 Å². The van der Waals surface area contributed by atoms with Crippen LogP contribution in [0.15, 0.2) is 28.8 Å². The van der Waals surface area contributed by atoms with E-state index in [-0.39, 0.29) is 18.7 Å². The second-order valence-electron chi connectivity index (χ2n) is 5.52. The van der Waals surface area contributed by atoms with Crippen molar-refractivity contribution >= 4 is 11.7 Å². The predicted octanol–water partition coefficient (Wildman–Crippen LogP) is 3.10. The van der Waals surface area contributed by atoms with Gasteiger partial charge in [0.15, 0.2) is 5.82 Å². The molecule has 7 nitrogen and oxygen atoms in total. The topological polar surface area (TPSA) is 80.5 Å². The number of alkyl halides is 1. The van der Waals surface area contributed by atoms with E-state index in [1.165, 1.54) is 0 Å². The van der Waals surface area contributed by atoms with Gasteiger partial charge in [-0.1, -0.05) is 11.2 Å². The van der Waals surface area contributed by atoms with Crippen LogP contribution in [0.25, 0.3) is 0 Å². The first-order valence-corrected chi connectivity index (χ1v) is 7.84. The smallest absolute Gasteiger partial charge is 0.322 e. The fourth-order valence-corrected chi connectivity index (χ4v) is 2.74. The molecule has 1 aromatic carbocycles. The van der Waals surface area contributed by atoms with Crippen LogP contribution in [0.5, 0.6) is 5.75 Å². The zero-order valence-corrected chi connectivity index (χ0v) is 13.4. The Labute approximate surface area is 138 Å². The molecule has 1 fully saturated rings. The van der Waals surface area contributed by atoms with E-state index in [1.807, 2.05) is 0 Å². The Balaban J connectivity index is 1.67. The Hall–Kier alpha value is -2.64. The summed E-state index contributed by atoms with van der Waals surface area (Å²) in [5.41, 5.74) is 0.589. The molecular weight excluding hydrogens is 315 g/mol. The number of amides is 2. The highest BCUT2D eigenvalue weighted by molar-refractivity contribution is 5.90. The lowest BCUT2D eigenvalue weighted by Crippen LogP contribution is -2.34. The molecule has 3 rings (SSSR count). The second kappa shape index (κ2) is 7.29. The number of ether oxygens (including phenoxy) is 1. The number of carbonyl (C=O) groups is 1. The number of likely N-dealkylation sites (tertiary alicyclic amines) is 1. The maximum Gasteiger partial charge on any atom is 0.322 e. The van der Waals surface area contributed by atoms with Crippen LogP contribution in [-0.4, -0.2) is 40.9 Å². The summed E-state index contributed by atoms with van der Waals surface area (Å²) in [6, 6.07) is 6.45. The van der Waals surface area contributed by atoms with E-state index in [0.29, 0.717) is 29.7 Å². The third-order valence-electron chi connectivity index (χ3n) is 3.79. The van der Waals surface area contributed by atoms with Crippen molar-refractivity contribution in [1.82, 2.24) is 15.0 Å². The number of hydrogen-bond acceptors (Lipinski definition) is 5. The quantitative estimate of drug-likeness (QED) is 0.909. The molecule has 2 aromatic rings. The summed E-state index contributed by atoms with van der Waals surface area (Å²) < 4.78 is 22.4. The van der Waals surface area contributed by atoms with Crippen molar-refractivity contribution in [3.63, 3.8) is 0 Å². The molecule has 0 saturated carbocycles. The third kappa shape index (κ3) is 3.64. The molecule has 1 N–H and O–H groups in total. The minimum absolute atomic E-state index is 0.0111. The van der Waals surface area contributed by atoms with Crippen molar-refractivity contribution in [3.05, 3.63) is 36.0 Å². The van der Waals surface area contributed by atoms with Gasteiger partial charge in [0, 0.05) is 25.2 Å². The fraction of sp³-hybridized carbons (Fsp3) is 0.438. The van der Waals surface area contributed by atoms with Crippen LogP contribution in [-0.2, 0) is 0 Å². The van der Waals surface area contributed by atoms with Crippen molar-refractivity contribution in [2.45, 2.75) is 25.8 Å². The summed E-state index contributed by atoms with van der Waals surface area (Å²) >= 11 is 0. The van der Waals surface area contributed by atoms with E-state index >= 15 is 0 Å². The van der Waals surface area contributed by atoms with Crippen molar-refractivity contribution in [1.29, 1.82) is 0 Å². The first-order chi connectivity index (χ1) is 11.7. The molecule has 0 bridgehead atoms. The average Bonchev–Trinajstić information content (AvgIpc) is 3.21. The van der Waals surface area contributed by atoms with Crippen LogP contribution in [0.3, 0.4) is 0 Å². The highest BCUT2D eigenvalue weighted by atomic mass is 19.1. The largest absolute Gasteiger partial charge is 0.491 e. The first kappa shape index (κ1) is 16.2. The van der Waals surface area contributed by atoms with Gasteiger partial charge in [-0.15, -0.1) is 0 Å². The second-order valence-corrected chi connectivity index (χ2v) is 5.52. The Morgan fingerprint density at radius 3 is 3.17 bits per heavy atom. The number of benzene rings is 1. The molecule has 2 amide bonds. The zero-order valence-electron chi connectivity index (χ0n) is 13.4. The van der Waals surface area contributed by atoms with E-state index in [0.717, 1.165) is 12.8 Å². The standard InChI is InChI=1S/C16H19FN4O3/c1-11-18-15(20-24-11)14-6-3-8-21(14)16(22)19-12-4-2-5-13(10-12)23-9-7-17/h2,4-5,10,14H,3,6-9H2,1H3,(H,19,22).